The van der Waals surface area contributed by atoms with Crippen molar-refractivity contribution in [1.29, 1.82) is 0 Å². The molecule has 1 N–H and O–H groups in total. The van der Waals surface area contributed by atoms with Crippen molar-refractivity contribution in [2.24, 2.45) is 5.92 Å². The van der Waals surface area contributed by atoms with Crippen molar-refractivity contribution < 1.29 is 22.8 Å². The second kappa shape index (κ2) is 9.29. The minimum Gasteiger partial charge on any atom is -0.339 e. The van der Waals surface area contributed by atoms with Gasteiger partial charge < -0.3 is 10.2 Å². The van der Waals surface area contributed by atoms with Crippen LogP contribution in [-0.4, -0.2) is 69.1 Å². The topological polar surface area (TPSA) is 83.4 Å². The first-order valence-corrected chi connectivity index (χ1v) is 11.6. The fraction of sp³-hybridized carbons (Fsp3) is 0.417. The molecule has 2 fully saturated rings. The van der Waals surface area contributed by atoms with Crippen molar-refractivity contribution >= 4 is 28.4 Å². The Balaban J connectivity index is 1.21. The lowest BCUT2D eigenvalue weighted by Crippen LogP contribution is -2.49. The Labute approximate surface area is 199 Å². The maximum absolute atomic E-state index is 12.9. The number of carbonyl (C=O) groups excluding carboxylic acids is 2. The van der Waals surface area contributed by atoms with Crippen molar-refractivity contribution in [3.63, 3.8) is 0 Å². The summed E-state index contributed by atoms with van der Waals surface area (Å²) in [5, 5.41) is 7.70. The second-order valence-corrected chi connectivity index (χ2v) is 9.08. The van der Waals surface area contributed by atoms with Gasteiger partial charge in [-0.3, -0.25) is 19.2 Å². The van der Waals surface area contributed by atoms with E-state index in [-0.39, 0.29) is 18.1 Å². The van der Waals surface area contributed by atoms with Gasteiger partial charge in [0.2, 0.25) is 5.91 Å². The van der Waals surface area contributed by atoms with E-state index in [2.05, 4.69) is 20.3 Å². The lowest BCUT2D eigenvalue weighted by Gasteiger charge is -2.34. The van der Waals surface area contributed by atoms with E-state index in [4.69, 9.17) is 0 Å². The Bertz CT molecular complexity index is 1250. The number of hydrogen-bond donors (Lipinski definition) is 1. The Morgan fingerprint density at radius 2 is 1.83 bits per heavy atom. The van der Waals surface area contributed by atoms with Crippen LogP contribution in [0.2, 0.25) is 0 Å². The van der Waals surface area contributed by atoms with Crippen LogP contribution >= 0.6 is 0 Å². The number of nitrogens with one attached hydrogen (secondary N) is 1. The van der Waals surface area contributed by atoms with Crippen LogP contribution in [0.4, 0.5) is 18.9 Å². The largest absolute Gasteiger partial charge is 0.433 e. The molecule has 1 aliphatic heterocycles. The first-order valence-electron chi connectivity index (χ1n) is 11.6. The van der Waals surface area contributed by atoms with Crippen molar-refractivity contribution in [1.82, 2.24) is 24.6 Å². The standard InChI is InChI=1S/C24H25F3N6O2/c25-24(26,27)21-3-1-2-20(29-21)23(35)28-18-6-7-19-17(12-18)14-33(30-19)15-22(34)32-10-8-31(9-11-32)13-16-4-5-16/h1-3,6-7,12,14,16H,4-5,8-11,13,15H2,(H,28,35). The number of nitrogens with zero attached hydrogens (tertiary/aromatic N) is 5. The molecule has 8 nitrogen and oxygen atoms in total. The lowest BCUT2D eigenvalue weighted by molar-refractivity contribution is -0.141. The van der Waals surface area contributed by atoms with Crippen molar-refractivity contribution in [3.05, 3.63) is 54.0 Å². The zero-order valence-corrected chi connectivity index (χ0v) is 19.0. The third-order valence-corrected chi connectivity index (χ3v) is 6.32. The molecule has 1 aromatic carbocycles. The van der Waals surface area contributed by atoms with Gasteiger partial charge in [-0.15, -0.1) is 0 Å². The van der Waals surface area contributed by atoms with E-state index in [9.17, 15) is 22.8 Å². The maximum Gasteiger partial charge on any atom is 0.433 e. The van der Waals surface area contributed by atoms with Gasteiger partial charge >= 0.3 is 6.18 Å². The molecule has 35 heavy (non-hydrogen) atoms. The quantitative estimate of drug-likeness (QED) is 0.579. The molecule has 11 heteroatoms. The summed E-state index contributed by atoms with van der Waals surface area (Å²) in [4.78, 5) is 32.9. The third kappa shape index (κ3) is 5.61. The van der Waals surface area contributed by atoms with Gasteiger partial charge in [0.25, 0.3) is 5.91 Å². The number of aromatic nitrogens is 3. The third-order valence-electron chi connectivity index (χ3n) is 6.32. The van der Waals surface area contributed by atoms with Gasteiger partial charge in [-0.25, -0.2) is 4.98 Å². The van der Waals surface area contributed by atoms with Crippen LogP contribution in [0.3, 0.4) is 0 Å². The molecule has 2 aliphatic rings. The van der Waals surface area contributed by atoms with E-state index < -0.39 is 17.8 Å². The number of piperazine rings is 1. The fourth-order valence-corrected chi connectivity index (χ4v) is 4.23. The van der Waals surface area contributed by atoms with Crippen LogP contribution in [0, 0.1) is 5.92 Å². The molecule has 3 aromatic rings. The summed E-state index contributed by atoms with van der Waals surface area (Å²) in [6.07, 6.45) is -0.279. The van der Waals surface area contributed by atoms with E-state index in [1.165, 1.54) is 18.9 Å². The first-order chi connectivity index (χ1) is 16.7. The van der Waals surface area contributed by atoms with Crippen LogP contribution < -0.4 is 5.32 Å². The average molecular weight is 486 g/mol. The molecular formula is C24H25F3N6O2. The Hall–Kier alpha value is -3.47. The summed E-state index contributed by atoms with van der Waals surface area (Å²) < 4.78 is 40.2. The number of fused-ring (bicyclic) bond motifs is 1. The molecular weight excluding hydrogens is 461 g/mol. The molecule has 1 aliphatic carbocycles. The number of rotatable bonds is 6. The summed E-state index contributed by atoms with van der Waals surface area (Å²) in [6.45, 7) is 4.47. The van der Waals surface area contributed by atoms with Gasteiger partial charge in [-0.2, -0.15) is 18.3 Å². The smallest absolute Gasteiger partial charge is 0.339 e. The average Bonchev–Trinajstić information content (AvgIpc) is 3.55. The number of benzene rings is 1. The van der Waals surface area contributed by atoms with Gasteiger partial charge in [0, 0.05) is 50.0 Å². The van der Waals surface area contributed by atoms with Crippen LogP contribution in [0.5, 0.6) is 0 Å². The molecule has 2 aromatic heterocycles. The number of pyridine rings is 1. The Morgan fingerprint density at radius 3 is 2.54 bits per heavy atom. The van der Waals surface area contributed by atoms with Gasteiger partial charge in [-0.05, 0) is 49.1 Å². The molecule has 0 bridgehead atoms. The van der Waals surface area contributed by atoms with Crippen molar-refractivity contribution in [3.8, 4) is 0 Å². The predicted molar refractivity (Wildman–Crippen MR) is 123 cm³/mol. The number of anilines is 1. The molecule has 5 rings (SSSR count). The number of hydrogen-bond acceptors (Lipinski definition) is 5. The number of halogens is 3. The van der Waals surface area contributed by atoms with E-state index in [1.807, 2.05) is 4.90 Å². The molecule has 3 heterocycles. The summed E-state index contributed by atoms with van der Waals surface area (Å²) in [5.74, 6) is 0.0941. The van der Waals surface area contributed by atoms with Crippen LogP contribution in [0.15, 0.2) is 42.6 Å². The van der Waals surface area contributed by atoms with Crippen LogP contribution in [0.1, 0.15) is 29.0 Å². The summed E-state index contributed by atoms with van der Waals surface area (Å²) in [7, 11) is 0. The highest BCUT2D eigenvalue weighted by molar-refractivity contribution is 6.03. The monoisotopic (exact) mass is 486 g/mol. The summed E-state index contributed by atoms with van der Waals surface area (Å²) in [6, 6.07) is 8.12. The number of amides is 2. The predicted octanol–water partition coefficient (Wildman–Crippen LogP) is 3.26. The van der Waals surface area contributed by atoms with Crippen LogP contribution in [-0.2, 0) is 17.5 Å². The molecule has 2 amide bonds. The van der Waals surface area contributed by atoms with E-state index in [0.29, 0.717) is 29.7 Å². The van der Waals surface area contributed by atoms with Gasteiger partial charge in [0.15, 0.2) is 0 Å². The minimum absolute atomic E-state index is 0.00743. The lowest BCUT2D eigenvalue weighted by atomic mass is 10.2. The van der Waals surface area contributed by atoms with E-state index >= 15 is 0 Å². The maximum atomic E-state index is 12.9. The number of alkyl halides is 3. The molecule has 0 spiro atoms. The highest BCUT2D eigenvalue weighted by Crippen LogP contribution is 2.30. The van der Waals surface area contributed by atoms with Gasteiger partial charge in [-0.1, -0.05) is 6.07 Å². The molecule has 0 unspecified atom stereocenters. The zero-order valence-electron chi connectivity index (χ0n) is 19.0. The second-order valence-electron chi connectivity index (χ2n) is 9.08. The van der Waals surface area contributed by atoms with Gasteiger partial charge in [0.05, 0.1) is 5.52 Å². The Kier molecular flexibility index (Phi) is 6.18. The highest BCUT2D eigenvalue weighted by Gasteiger charge is 2.33. The molecule has 184 valence electrons. The molecule has 0 atom stereocenters. The summed E-state index contributed by atoms with van der Waals surface area (Å²) >= 11 is 0. The van der Waals surface area contributed by atoms with Crippen molar-refractivity contribution in [2.75, 3.05) is 38.0 Å². The highest BCUT2D eigenvalue weighted by atomic mass is 19.4. The van der Waals surface area contributed by atoms with E-state index in [1.54, 1.807) is 29.1 Å². The number of carbonyl (C=O) groups is 2. The fourth-order valence-electron chi connectivity index (χ4n) is 4.23. The Morgan fingerprint density at radius 1 is 1.06 bits per heavy atom. The zero-order chi connectivity index (χ0) is 24.6. The molecule has 0 radical (unpaired) electrons. The molecule has 1 saturated carbocycles. The normalized spacial score (nSPS) is 17.1. The van der Waals surface area contributed by atoms with Gasteiger partial charge in [0.1, 0.15) is 17.9 Å². The van der Waals surface area contributed by atoms with Crippen LogP contribution in [0.25, 0.3) is 10.9 Å². The summed E-state index contributed by atoms with van der Waals surface area (Å²) in [5.41, 5.74) is -0.434. The minimum atomic E-state index is -4.63. The SMILES string of the molecule is O=C(Nc1ccc2nn(CC(=O)N3CCN(CC4CC4)CC3)cc2c1)c1cccc(C(F)(F)F)n1. The van der Waals surface area contributed by atoms with Crippen molar-refractivity contribution in [2.45, 2.75) is 25.6 Å². The van der Waals surface area contributed by atoms with E-state index in [0.717, 1.165) is 37.7 Å². The first kappa shape index (κ1) is 23.3. The molecule has 1 saturated heterocycles.